The Morgan fingerprint density at radius 3 is 2.84 bits per heavy atom. The van der Waals surface area contributed by atoms with Gasteiger partial charge in [-0.05, 0) is 54.3 Å². The highest BCUT2D eigenvalue weighted by molar-refractivity contribution is 6.15. The Morgan fingerprint density at radius 2 is 2.00 bits per heavy atom. The average molecular weight is 332 g/mol. The zero-order valence-electron chi connectivity index (χ0n) is 14.5. The van der Waals surface area contributed by atoms with Crippen LogP contribution in [0.15, 0.2) is 59.4 Å². The number of aliphatic imine (C=N–C) groups is 1. The maximum atomic E-state index is 4.78. The summed E-state index contributed by atoms with van der Waals surface area (Å²) in [6, 6.07) is 12.9. The second kappa shape index (κ2) is 7.62. The summed E-state index contributed by atoms with van der Waals surface area (Å²) in [6.45, 7) is 5.17. The fraction of sp³-hybridized carbons (Fsp3) is 0.333. The van der Waals surface area contributed by atoms with E-state index in [2.05, 4.69) is 51.6 Å². The normalized spacial score (nSPS) is 19.8. The number of pyridine rings is 1. The average Bonchev–Trinajstić information content (AvgIpc) is 2.70. The summed E-state index contributed by atoms with van der Waals surface area (Å²) in [6.07, 6.45) is 8.22. The second-order valence-corrected chi connectivity index (χ2v) is 6.58. The zero-order valence-corrected chi connectivity index (χ0v) is 14.5. The van der Waals surface area contributed by atoms with Crippen molar-refractivity contribution in [3.63, 3.8) is 0 Å². The highest BCUT2D eigenvalue weighted by atomic mass is 15.2. The molecule has 25 heavy (non-hydrogen) atoms. The van der Waals surface area contributed by atoms with E-state index < -0.39 is 0 Å². The Hall–Kier alpha value is -2.46. The first-order chi connectivity index (χ1) is 12.4. The molecular formula is C21H24N4. The van der Waals surface area contributed by atoms with Crippen LogP contribution < -0.4 is 10.2 Å². The quantitative estimate of drug-likeness (QED) is 0.939. The summed E-state index contributed by atoms with van der Waals surface area (Å²) in [4.78, 5) is 11.5. The van der Waals surface area contributed by atoms with Crippen molar-refractivity contribution >= 4 is 17.5 Å². The molecule has 1 aromatic heterocycles. The maximum Gasteiger partial charge on any atom is 0.0694 e. The van der Waals surface area contributed by atoms with Crippen molar-refractivity contribution in [2.75, 3.05) is 37.6 Å². The monoisotopic (exact) mass is 332 g/mol. The molecule has 3 heterocycles. The van der Waals surface area contributed by atoms with Crippen LogP contribution in [-0.2, 0) is 0 Å². The summed E-state index contributed by atoms with van der Waals surface area (Å²) in [5.41, 5.74) is 6.10. The van der Waals surface area contributed by atoms with Gasteiger partial charge in [-0.2, -0.15) is 0 Å². The van der Waals surface area contributed by atoms with E-state index in [-0.39, 0.29) is 0 Å². The number of aromatic nitrogens is 1. The van der Waals surface area contributed by atoms with Crippen LogP contribution in [0.25, 0.3) is 6.08 Å². The summed E-state index contributed by atoms with van der Waals surface area (Å²) in [7, 11) is 0. The molecule has 0 aliphatic carbocycles. The molecule has 4 nitrogen and oxygen atoms in total. The molecule has 0 bridgehead atoms. The molecule has 4 rings (SSSR count). The van der Waals surface area contributed by atoms with E-state index in [0.29, 0.717) is 0 Å². The van der Waals surface area contributed by atoms with Gasteiger partial charge in [-0.3, -0.25) is 9.98 Å². The predicted octanol–water partition coefficient (Wildman–Crippen LogP) is 3.16. The number of piperazine rings is 1. The third-order valence-corrected chi connectivity index (χ3v) is 4.81. The molecule has 2 aliphatic rings. The highest BCUT2D eigenvalue weighted by Gasteiger charge is 2.15. The van der Waals surface area contributed by atoms with E-state index in [1.807, 2.05) is 18.5 Å². The first kappa shape index (κ1) is 16.0. The summed E-state index contributed by atoms with van der Waals surface area (Å²) < 4.78 is 0. The Labute approximate surface area is 149 Å². The number of nitrogens with zero attached hydrogens (tertiary/aromatic N) is 3. The number of rotatable bonds is 3. The molecule has 0 radical (unpaired) electrons. The van der Waals surface area contributed by atoms with Gasteiger partial charge in [-0.15, -0.1) is 0 Å². The van der Waals surface area contributed by atoms with Crippen LogP contribution in [0.3, 0.4) is 0 Å². The SMILES string of the molecule is C(=C1/CCCN=C1c1cccnc1)/c1cccc(N2CCNCC2)c1. The zero-order chi connectivity index (χ0) is 16.9. The predicted molar refractivity (Wildman–Crippen MR) is 104 cm³/mol. The van der Waals surface area contributed by atoms with Crippen molar-refractivity contribution in [2.24, 2.45) is 4.99 Å². The van der Waals surface area contributed by atoms with Crippen LogP contribution in [-0.4, -0.2) is 43.4 Å². The minimum Gasteiger partial charge on any atom is -0.369 e. The molecule has 1 fully saturated rings. The lowest BCUT2D eigenvalue weighted by atomic mass is 9.95. The minimum atomic E-state index is 0.905. The number of anilines is 1. The molecule has 0 unspecified atom stereocenters. The Kier molecular flexibility index (Phi) is 4.89. The fourth-order valence-electron chi connectivity index (χ4n) is 3.54. The van der Waals surface area contributed by atoms with Crippen LogP contribution in [0.1, 0.15) is 24.0 Å². The summed E-state index contributed by atoms with van der Waals surface area (Å²) in [5.74, 6) is 0. The topological polar surface area (TPSA) is 40.5 Å². The van der Waals surface area contributed by atoms with Gasteiger partial charge in [-0.1, -0.05) is 12.1 Å². The minimum absolute atomic E-state index is 0.905. The van der Waals surface area contributed by atoms with E-state index in [1.54, 1.807) is 0 Å². The lowest BCUT2D eigenvalue weighted by Gasteiger charge is -2.29. The van der Waals surface area contributed by atoms with Crippen molar-refractivity contribution in [3.8, 4) is 0 Å². The highest BCUT2D eigenvalue weighted by Crippen LogP contribution is 2.24. The van der Waals surface area contributed by atoms with E-state index >= 15 is 0 Å². The number of allylic oxidation sites excluding steroid dienone is 1. The van der Waals surface area contributed by atoms with Crippen LogP contribution in [0.2, 0.25) is 0 Å². The standard InChI is InChI=1S/C21H24N4/c1-4-17(15-20(7-1)25-12-10-22-11-13-25)14-18-5-3-9-24-21(18)19-6-2-8-23-16-19/h1-2,4,6-8,14-16,22H,3,5,9-13H2/b18-14+. The van der Waals surface area contributed by atoms with E-state index in [9.17, 15) is 0 Å². The molecule has 0 amide bonds. The summed E-state index contributed by atoms with van der Waals surface area (Å²) in [5, 5.41) is 3.41. The molecule has 2 aliphatic heterocycles. The van der Waals surface area contributed by atoms with Crippen LogP contribution >= 0.6 is 0 Å². The maximum absolute atomic E-state index is 4.78. The number of nitrogens with one attached hydrogen (secondary N) is 1. The molecule has 4 heteroatoms. The third kappa shape index (κ3) is 3.80. The van der Waals surface area contributed by atoms with Crippen LogP contribution in [0.4, 0.5) is 5.69 Å². The van der Waals surface area contributed by atoms with Gasteiger partial charge >= 0.3 is 0 Å². The second-order valence-electron chi connectivity index (χ2n) is 6.58. The lowest BCUT2D eigenvalue weighted by molar-refractivity contribution is 0.589. The van der Waals surface area contributed by atoms with Gasteiger partial charge in [0.05, 0.1) is 5.71 Å². The lowest BCUT2D eigenvalue weighted by Crippen LogP contribution is -2.43. The van der Waals surface area contributed by atoms with Gasteiger partial charge in [0.25, 0.3) is 0 Å². The van der Waals surface area contributed by atoms with Crippen molar-refractivity contribution in [1.29, 1.82) is 0 Å². The van der Waals surface area contributed by atoms with Crippen molar-refractivity contribution in [2.45, 2.75) is 12.8 Å². The van der Waals surface area contributed by atoms with E-state index in [1.165, 1.54) is 16.8 Å². The van der Waals surface area contributed by atoms with E-state index in [4.69, 9.17) is 4.99 Å². The first-order valence-corrected chi connectivity index (χ1v) is 9.12. The molecule has 1 aromatic carbocycles. The largest absolute Gasteiger partial charge is 0.369 e. The first-order valence-electron chi connectivity index (χ1n) is 9.12. The number of hydrogen-bond acceptors (Lipinski definition) is 4. The van der Waals surface area contributed by atoms with Gasteiger partial charge in [0, 0.05) is 56.4 Å². The van der Waals surface area contributed by atoms with Gasteiger partial charge in [0.15, 0.2) is 0 Å². The molecule has 2 aromatic rings. The number of hydrogen-bond donors (Lipinski definition) is 1. The van der Waals surface area contributed by atoms with Gasteiger partial charge in [-0.25, -0.2) is 0 Å². The van der Waals surface area contributed by atoms with Gasteiger partial charge in [0.2, 0.25) is 0 Å². The van der Waals surface area contributed by atoms with Gasteiger partial charge < -0.3 is 10.2 Å². The fourth-order valence-corrected chi connectivity index (χ4v) is 3.54. The Balaban J connectivity index is 1.63. The Bertz CT molecular complexity index is 773. The summed E-state index contributed by atoms with van der Waals surface area (Å²) >= 11 is 0. The van der Waals surface area contributed by atoms with Gasteiger partial charge in [0.1, 0.15) is 0 Å². The van der Waals surface area contributed by atoms with Crippen LogP contribution in [0, 0.1) is 0 Å². The van der Waals surface area contributed by atoms with Crippen LogP contribution in [0.5, 0.6) is 0 Å². The molecule has 0 atom stereocenters. The van der Waals surface area contributed by atoms with Crippen molar-refractivity contribution in [3.05, 3.63) is 65.5 Å². The molecule has 128 valence electrons. The molecule has 0 spiro atoms. The number of benzene rings is 1. The smallest absolute Gasteiger partial charge is 0.0694 e. The third-order valence-electron chi connectivity index (χ3n) is 4.81. The van der Waals surface area contributed by atoms with E-state index in [0.717, 1.165) is 56.8 Å². The van der Waals surface area contributed by atoms with Crippen molar-refractivity contribution < 1.29 is 0 Å². The molecule has 1 saturated heterocycles. The molecule has 1 N–H and O–H groups in total. The Morgan fingerprint density at radius 1 is 1.08 bits per heavy atom. The van der Waals surface area contributed by atoms with Crippen molar-refractivity contribution in [1.82, 2.24) is 10.3 Å². The molecular weight excluding hydrogens is 308 g/mol. The molecule has 0 saturated carbocycles.